The molecule has 0 aliphatic heterocycles. The molecule has 1 aromatic heterocycles. The highest BCUT2D eigenvalue weighted by Gasteiger charge is 2.28. The number of hydrogen-bond donors (Lipinski definition) is 1. The van der Waals surface area contributed by atoms with E-state index in [4.69, 9.17) is 0 Å². The van der Waals surface area contributed by atoms with Crippen LogP contribution in [0.15, 0.2) is 42.7 Å². The highest BCUT2D eigenvalue weighted by atomic mass is 16.2. The third-order valence-electron chi connectivity index (χ3n) is 3.37. The molecule has 1 fully saturated rings. The van der Waals surface area contributed by atoms with Gasteiger partial charge >= 0.3 is 0 Å². The highest BCUT2D eigenvalue weighted by molar-refractivity contribution is 5.80. The summed E-state index contributed by atoms with van der Waals surface area (Å²) in [6.45, 7) is 0.719. The van der Waals surface area contributed by atoms with E-state index in [1.54, 1.807) is 6.20 Å². The quantitative estimate of drug-likeness (QED) is 0.887. The first-order valence-corrected chi connectivity index (χ1v) is 6.69. The Morgan fingerprint density at radius 1 is 1.32 bits per heavy atom. The summed E-state index contributed by atoms with van der Waals surface area (Å²) in [5.41, 5.74) is 2.28. The summed E-state index contributed by atoms with van der Waals surface area (Å²) in [7, 11) is 0. The fraction of sp³-hybridized carbons (Fsp3) is 0.333. The number of amides is 1. The molecule has 4 heteroatoms. The number of hydrogen-bond acceptors (Lipinski definition) is 2. The maximum absolute atomic E-state index is 11.5. The minimum atomic E-state index is 0.216. The Labute approximate surface area is 112 Å². The molecule has 1 amide bonds. The Morgan fingerprint density at radius 3 is 2.74 bits per heavy atom. The van der Waals surface area contributed by atoms with E-state index in [0.717, 1.165) is 31.5 Å². The van der Waals surface area contributed by atoms with Crippen molar-refractivity contribution >= 4 is 5.91 Å². The third-order valence-corrected chi connectivity index (χ3v) is 3.37. The van der Waals surface area contributed by atoms with E-state index in [0.29, 0.717) is 5.92 Å². The second-order valence-electron chi connectivity index (χ2n) is 4.93. The lowest BCUT2D eigenvalue weighted by Crippen LogP contribution is -2.26. The second-order valence-corrected chi connectivity index (χ2v) is 4.93. The number of benzene rings is 1. The van der Waals surface area contributed by atoms with Crippen LogP contribution in [0.25, 0.3) is 5.69 Å². The van der Waals surface area contributed by atoms with Crippen LogP contribution in [-0.2, 0) is 11.2 Å². The molecule has 0 bridgehead atoms. The molecule has 1 aliphatic carbocycles. The highest BCUT2D eigenvalue weighted by Crippen LogP contribution is 2.28. The van der Waals surface area contributed by atoms with Crippen molar-refractivity contribution < 1.29 is 4.79 Å². The maximum atomic E-state index is 11.5. The van der Waals surface area contributed by atoms with Gasteiger partial charge in [0.1, 0.15) is 0 Å². The van der Waals surface area contributed by atoms with Gasteiger partial charge in [-0.25, -0.2) is 4.68 Å². The van der Waals surface area contributed by atoms with Crippen LogP contribution < -0.4 is 5.32 Å². The smallest absolute Gasteiger partial charge is 0.223 e. The van der Waals surface area contributed by atoms with Gasteiger partial charge in [-0.1, -0.05) is 12.1 Å². The van der Waals surface area contributed by atoms with Gasteiger partial charge in [0.25, 0.3) is 0 Å². The van der Waals surface area contributed by atoms with E-state index >= 15 is 0 Å². The summed E-state index contributed by atoms with van der Waals surface area (Å²) in [6, 6.07) is 10.2. The molecule has 0 radical (unpaired) electrons. The molecule has 4 nitrogen and oxygen atoms in total. The lowest BCUT2D eigenvalue weighted by atomic mass is 10.1. The molecule has 0 spiro atoms. The minimum absolute atomic E-state index is 0.216. The van der Waals surface area contributed by atoms with Crippen molar-refractivity contribution in [3.63, 3.8) is 0 Å². The van der Waals surface area contributed by atoms with Gasteiger partial charge in [0.15, 0.2) is 0 Å². The zero-order valence-corrected chi connectivity index (χ0v) is 10.7. The molecule has 2 aromatic rings. The molecule has 98 valence electrons. The summed E-state index contributed by atoms with van der Waals surface area (Å²) in [4.78, 5) is 11.5. The molecule has 1 aliphatic rings. The van der Waals surface area contributed by atoms with Gasteiger partial charge in [-0.2, -0.15) is 5.10 Å². The largest absolute Gasteiger partial charge is 0.356 e. The van der Waals surface area contributed by atoms with Gasteiger partial charge in [0.05, 0.1) is 5.69 Å². The lowest BCUT2D eigenvalue weighted by molar-refractivity contribution is -0.122. The average molecular weight is 255 g/mol. The van der Waals surface area contributed by atoms with Gasteiger partial charge in [0.2, 0.25) is 5.91 Å². The van der Waals surface area contributed by atoms with Crippen molar-refractivity contribution in [1.29, 1.82) is 0 Å². The van der Waals surface area contributed by atoms with Crippen LogP contribution in [0.5, 0.6) is 0 Å². The lowest BCUT2D eigenvalue weighted by Gasteiger charge is -2.06. The van der Waals surface area contributed by atoms with Gasteiger partial charge in [0, 0.05) is 24.9 Å². The zero-order valence-electron chi connectivity index (χ0n) is 10.7. The van der Waals surface area contributed by atoms with Gasteiger partial charge in [-0.3, -0.25) is 4.79 Å². The van der Waals surface area contributed by atoms with Crippen molar-refractivity contribution in [1.82, 2.24) is 15.1 Å². The van der Waals surface area contributed by atoms with Crippen LogP contribution >= 0.6 is 0 Å². The Morgan fingerprint density at radius 2 is 2.11 bits per heavy atom. The molecule has 0 unspecified atom stereocenters. The summed E-state index contributed by atoms with van der Waals surface area (Å²) in [5, 5.41) is 7.17. The molecule has 0 atom stereocenters. The molecular formula is C15H17N3O. The van der Waals surface area contributed by atoms with Crippen LogP contribution in [0.3, 0.4) is 0 Å². The van der Waals surface area contributed by atoms with Crippen LogP contribution in [0, 0.1) is 5.92 Å². The first kappa shape index (κ1) is 12.0. The minimum Gasteiger partial charge on any atom is -0.356 e. The Bertz CT molecular complexity index is 541. The van der Waals surface area contributed by atoms with Crippen LogP contribution in [0.2, 0.25) is 0 Å². The van der Waals surface area contributed by atoms with Gasteiger partial charge < -0.3 is 5.32 Å². The Kier molecular flexibility index (Phi) is 3.31. The zero-order chi connectivity index (χ0) is 13.1. The van der Waals surface area contributed by atoms with E-state index in [2.05, 4.69) is 22.5 Å². The topological polar surface area (TPSA) is 46.9 Å². The van der Waals surface area contributed by atoms with Crippen molar-refractivity contribution in [3.8, 4) is 5.69 Å². The second kappa shape index (κ2) is 5.26. The number of nitrogens with zero attached hydrogens (tertiary/aromatic N) is 2. The van der Waals surface area contributed by atoms with Gasteiger partial charge in [-0.15, -0.1) is 0 Å². The summed E-state index contributed by atoms with van der Waals surface area (Å²) in [5.74, 6) is 0.510. The van der Waals surface area contributed by atoms with E-state index in [1.165, 1.54) is 5.56 Å². The van der Waals surface area contributed by atoms with Crippen LogP contribution in [0.1, 0.15) is 18.4 Å². The van der Waals surface area contributed by atoms with Crippen molar-refractivity contribution in [2.24, 2.45) is 5.92 Å². The number of carbonyl (C=O) groups excluding carboxylic acids is 1. The van der Waals surface area contributed by atoms with Crippen molar-refractivity contribution in [2.75, 3.05) is 6.54 Å². The predicted molar refractivity (Wildman–Crippen MR) is 73.0 cm³/mol. The van der Waals surface area contributed by atoms with Crippen molar-refractivity contribution in [3.05, 3.63) is 48.3 Å². The van der Waals surface area contributed by atoms with E-state index in [1.807, 2.05) is 29.1 Å². The molecule has 3 rings (SSSR count). The SMILES string of the molecule is O=C(NCCc1ccc(-n2cccn2)cc1)C1CC1. The summed E-state index contributed by atoms with van der Waals surface area (Å²) in [6.07, 6.45) is 6.68. The predicted octanol–water partition coefficient (Wildman–Crippen LogP) is 1.94. The number of carbonyl (C=O) groups is 1. The first-order chi connectivity index (χ1) is 9.33. The third kappa shape index (κ3) is 3.02. The fourth-order valence-electron chi connectivity index (χ4n) is 2.06. The Balaban J connectivity index is 1.52. The normalized spacial score (nSPS) is 14.3. The van der Waals surface area contributed by atoms with Crippen LogP contribution in [-0.4, -0.2) is 22.2 Å². The molecule has 0 saturated heterocycles. The van der Waals surface area contributed by atoms with E-state index in [-0.39, 0.29) is 5.91 Å². The standard InChI is InChI=1S/C15H17N3O/c19-15(13-4-5-13)16-10-8-12-2-6-14(7-3-12)18-11-1-9-17-18/h1-3,6-7,9,11,13H,4-5,8,10H2,(H,16,19). The molecule has 1 heterocycles. The van der Waals surface area contributed by atoms with E-state index < -0.39 is 0 Å². The monoisotopic (exact) mass is 255 g/mol. The fourth-order valence-corrected chi connectivity index (χ4v) is 2.06. The van der Waals surface area contributed by atoms with E-state index in [9.17, 15) is 4.79 Å². The molecular weight excluding hydrogens is 238 g/mol. The summed E-state index contributed by atoms with van der Waals surface area (Å²) < 4.78 is 1.83. The first-order valence-electron chi connectivity index (χ1n) is 6.69. The van der Waals surface area contributed by atoms with Crippen LogP contribution in [0.4, 0.5) is 0 Å². The summed E-state index contributed by atoms with van der Waals surface area (Å²) >= 11 is 0. The number of rotatable bonds is 5. The maximum Gasteiger partial charge on any atom is 0.223 e. The molecule has 1 saturated carbocycles. The van der Waals surface area contributed by atoms with Gasteiger partial charge in [-0.05, 0) is 43.0 Å². The molecule has 1 N–H and O–H groups in total. The average Bonchev–Trinajstić information content (AvgIpc) is 3.15. The molecule has 1 aromatic carbocycles. The number of aromatic nitrogens is 2. The number of nitrogens with one attached hydrogen (secondary N) is 1. The molecule has 19 heavy (non-hydrogen) atoms. The van der Waals surface area contributed by atoms with Crippen molar-refractivity contribution in [2.45, 2.75) is 19.3 Å². The Hall–Kier alpha value is -2.10.